The average molecular weight is 288 g/mol. The Balaban J connectivity index is 3.16. The van der Waals surface area contributed by atoms with Crippen LogP contribution >= 0.6 is 11.6 Å². The largest absolute Gasteiger partial charge is 0.480 e. The van der Waals surface area contributed by atoms with E-state index in [1.807, 2.05) is 6.92 Å². The number of anilines is 1. The second-order valence-electron chi connectivity index (χ2n) is 4.29. The number of rotatable bonds is 6. The van der Waals surface area contributed by atoms with Gasteiger partial charge in [0.15, 0.2) is 0 Å². The molecule has 0 fully saturated rings. The van der Waals surface area contributed by atoms with Gasteiger partial charge in [-0.05, 0) is 13.3 Å². The first-order valence-corrected chi connectivity index (χ1v) is 5.99. The average Bonchev–Trinajstić information content (AvgIpc) is 2.31. The summed E-state index contributed by atoms with van der Waals surface area (Å²) in [4.78, 5) is 25.3. The normalized spacial score (nSPS) is 13.6. The lowest BCUT2D eigenvalue weighted by molar-refractivity contribution is -0.384. The van der Waals surface area contributed by atoms with Gasteiger partial charge in [0.2, 0.25) is 5.82 Å². The van der Waals surface area contributed by atoms with Crippen LogP contribution in [0, 0.1) is 10.1 Å². The molecule has 0 bridgehead atoms. The second kappa shape index (κ2) is 5.83. The molecule has 0 saturated heterocycles. The summed E-state index contributed by atoms with van der Waals surface area (Å²) in [5, 5.41) is 22.9. The van der Waals surface area contributed by atoms with Crippen molar-refractivity contribution in [2.45, 2.75) is 32.2 Å². The molecule has 0 spiro atoms. The minimum Gasteiger partial charge on any atom is -0.480 e. The summed E-state index contributed by atoms with van der Waals surface area (Å²) in [5.74, 6) is -1.20. The van der Waals surface area contributed by atoms with Gasteiger partial charge in [0.05, 0.1) is 9.95 Å². The number of aliphatic carboxylic acids is 1. The van der Waals surface area contributed by atoms with E-state index in [-0.39, 0.29) is 16.5 Å². The number of nitro groups is 1. The van der Waals surface area contributed by atoms with Crippen molar-refractivity contribution in [1.82, 2.24) is 4.98 Å². The Morgan fingerprint density at radius 2 is 2.32 bits per heavy atom. The Bertz CT molecular complexity index is 509. The van der Waals surface area contributed by atoms with Crippen LogP contribution in [0.1, 0.15) is 26.7 Å². The predicted molar refractivity (Wildman–Crippen MR) is 70.5 cm³/mol. The first-order valence-electron chi connectivity index (χ1n) is 5.61. The molecule has 0 aromatic carbocycles. The molecule has 0 amide bonds. The third-order valence-electron chi connectivity index (χ3n) is 2.65. The van der Waals surface area contributed by atoms with Crippen LogP contribution in [0.25, 0.3) is 0 Å². The van der Waals surface area contributed by atoms with Crippen LogP contribution in [0.5, 0.6) is 0 Å². The first kappa shape index (κ1) is 15.2. The van der Waals surface area contributed by atoms with Crippen molar-refractivity contribution in [3.05, 3.63) is 27.4 Å². The maximum atomic E-state index is 11.3. The molecule has 1 heterocycles. The van der Waals surface area contributed by atoms with E-state index in [4.69, 9.17) is 11.6 Å². The molecule has 0 saturated carbocycles. The van der Waals surface area contributed by atoms with E-state index in [1.54, 1.807) is 0 Å². The molecule has 0 aliphatic rings. The molecular formula is C11H14ClN3O4. The lowest BCUT2D eigenvalue weighted by atomic mass is 9.96. The predicted octanol–water partition coefficient (Wildman–Crippen LogP) is 2.70. The fourth-order valence-electron chi connectivity index (χ4n) is 1.65. The van der Waals surface area contributed by atoms with Gasteiger partial charge in [0, 0.05) is 12.3 Å². The van der Waals surface area contributed by atoms with Crippen LogP contribution in [0.4, 0.5) is 11.5 Å². The zero-order valence-electron chi connectivity index (χ0n) is 10.5. The number of hydrogen-bond acceptors (Lipinski definition) is 5. The van der Waals surface area contributed by atoms with Crippen LogP contribution in [0.2, 0.25) is 5.02 Å². The summed E-state index contributed by atoms with van der Waals surface area (Å²) < 4.78 is 0. The summed E-state index contributed by atoms with van der Waals surface area (Å²) in [7, 11) is 0. The van der Waals surface area contributed by atoms with Gasteiger partial charge in [0.25, 0.3) is 0 Å². The van der Waals surface area contributed by atoms with Crippen molar-refractivity contribution in [1.29, 1.82) is 0 Å². The Morgan fingerprint density at radius 1 is 1.68 bits per heavy atom. The Morgan fingerprint density at radius 3 is 2.79 bits per heavy atom. The van der Waals surface area contributed by atoms with Crippen LogP contribution in [0.15, 0.2) is 12.3 Å². The van der Waals surface area contributed by atoms with Gasteiger partial charge in [0.1, 0.15) is 5.54 Å². The molecule has 1 rings (SSSR count). The molecule has 2 N–H and O–H groups in total. The maximum absolute atomic E-state index is 11.3. The number of nitrogens with one attached hydrogen (secondary N) is 1. The molecule has 0 aliphatic carbocycles. The van der Waals surface area contributed by atoms with Gasteiger partial charge in [-0.2, -0.15) is 0 Å². The Hall–Kier alpha value is -1.89. The number of carboxylic acid groups (broad SMARTS) is 1. The van der Waals surface area contributed by atoms with Gasteiger partial charge in [-0.25, -0.2) is 9.78 Å². The van der Waals surface area contributed by atoms with Crippen molar-refractivity contribution in [2.75, 3.05) is 5.32 Å². The number of carbonyl (C=O) groups is 1. The zero-order chi connectivity index (χ0) is 14.6. The van der Waals surface area contributed by atoms with E-state index in [1.165, 1.54) is 13.1 Å². The van der Waals surface area contributed by atoms with Crippen molar-refractivity contribution in [3.63, 3.8) is 0 Å². The van der Waals surface area contributed by atoms with E-state index in [0.717, 1.165) is 6.07 Å². The molecule has 0 aliphatic heterocycles. The van der Waals surface area contributed by atoms with E-state index >= 15 is 0 Å². The minimum absolute atomic E-state index is 0.104. The quantitative estimate of drug-likeness (QED) is 0.615. The highest BCUT2D eigenvalue weighted by Gasteiger charge is 2.34. The molecule has 104 valence electrons. The first-order chi connectivity index (χ1) is 8.80. The molecule has 7 nitrogen and oxygen atoms in total. The number of pyridine rings is 1. The van der Waals surface area contributed by atoms with Gasteiger partial charge in [-0.15, -0.1) is 0 Å². The van der Waals surface area contributed by atoms with Crippen LogP contribution < -0.4 is 5.32 Å². The molecule has 1 aromatic heterocycles. The van der Waals surface area contributed by atoms with E-state index in [9.17, 15) is 20.0 Å². The summed E-state index contributed by atoms with van der Waals surface area (Å²) >= 11 is 5.64. The number of aromatic nitrogens is 1. The maximum Gasteiger partial charge on any atom is 0.329 e. The van der Waals surface area contributed by atoms with Crippen LogP contribution in [-0.4, -0.2) is 26.5 Å². The van der Waals surface area contributed by atoms with Gasteiger partial charge < -0.3 is 10.4 Å². The summed E-state index contributed by atoms with van der Waals surface area (Å²) in [6.07, 6.45) is 2.14. The van der Waals surface area contributed by atoms with Crippen molar-refractivity contribution in [3.8, 4) is 0 Å². The molecular weight excluding hydrogens is 274 g/mol. The monoisotopic (exact) mass is 287 g/mol. The number of carboxylic acids is 1. The number of hydrogen-bond donors (Lipinski definition) is 2. The van der Waals surface area contributed by atoms with Gasteiger partial charge in [-0.3, -0.25) is 10.1 Å². The standard InChI is InChI=1S/C11H14ClN3O4/c1-3-4-11(2,10(16)17)14-9-8(15(18)19)5-7(12)6-13-9/h5-6H,3-4H2,1-2H3,(H,13,14)(H,16,17). The second-order valence-corrected chi connectivity index (χ2v) is 4.73. The van der Waals surface area contributed by atoms with Crippen molar-refractivity contribution in [2.24, 2.45) is 0 Å². The highest BCUT2D eigenvalue weighted by molar-refractivity contribution is 6.30. The SMILES string of the molecule is CCCC(C)(Nc1ncc(Cl)cc1[N+](=O)[O-])C(=O)O. The van der Waals surface area contributed by atoms with Crippen molar-refractivity contribution >= 4 is 29.1 Å². The number of halogens is 1. The minimum atomic E-state index is -1.32. The molecule has 0 radical (unpaired) electrons. The molecule has 1 aromatic rings. The Kier molecular flexibility index (Phi) is 4.66. The fraction of sp³-hybridized carbons (Fsp3) is 0.455. The van der Waals surface area contributed by atoms with E-state index in [2.05, 4.69) is 10.3 Å². The summed E-state index contributed by atoms with van der Waals surface area (Å²) in [5.41, 5.74) is -1.67. The van der Waals surface area contributed by atoms with E-state index in [0.29, 0.717) is 12.8 Å². The van der Waals surface area contributed by atoms with E-state index < -0.39 is 16.4 Å². The molecule has 1 unspecified atom stereocenters. The number of nitrogens with zero attached hydrogens (tertiary/aromatic N) is 2. The molecule has 19 heavy (non-hydrogen) atoms. The third-order valence-corrected chi connectivity index (χ3v) is 2.85. The van der Waals surface area contributed by atoms with Crippen LogP contribution in [0.3, 0.4) is 0 Å². The Labute approximate surface area is 114 Å². The highest BCUT2D eigenvalue weighted by Crippen LogP contribution is 2.29. The smallest absolute Gasteiger partial charge is 0.329 e. The molecule has 1 atom stereocenters. The lowest BCUT2D eigenvalue weighted by Gasteiger charge is -2.26. The summed E-state index contributed by atoms with van der Waals surface area (Å²) in [6.45, 7) is 3.28. The zero-order valence-corrected chi connectivity index (χ0v) is 11.3. The summed E-state index contributed by atoms with van der Waals surface area (Å²) in [6, 6.07) is 1.13. The van der Waals surface area contributed by atoms with Crippen LogP contribution in [-0.2, 0) is 4.79 Å². The third kappa shape index (κ3) is 3.54. The highest BCUT2D eigenvalue weighted by atomic mass is 35.5. The van der Waals surface area contributed by atoms with Crippen molar-refractivity contribution < 1.29 is 14.8 Å². The van der Waals surface area contributed by atoms with Gasteiger partial charge >= 0.3 is 11.7 Å². The lowest BCUT2D eigenvalue weighted by Crippen LogP contribution is -2.43. The topological polar surface area (TPSA) is 105 Å². The fourth-order valence-corrected chi connectivity index (χ4v) is 1.80. The molecule has 8 heteroatoms. The van der Waals surface area contributed by atoms with Gasteiger partial charge in [-0.1, -0.05) is 24.9 Å².